The Morgan fingerprint density at radius 2 is 2.07 bits per heavy atom. The minimum atomic E-state index is 0.482. The largest absolute Gasteiger partial charge is 0.347 e. The van der Waals surface area contributed by atoms with Gasteiger partial charge in [-0.3, -0.25) is 0 Å². The lowest BCUT2D eigenvalue weighted by atomic mass is 10.1. The van der Waals surface area contributed by atoms with Crippen molar-refractivity contribution in [2.45, 2.75) is 46.5 Å². The molecule has 0 amide bonds. The van der Waals surface area contributed by atoms with E-state index < -0.39 is 0 Å². The zero-order valence-corrected chi connectivity index (χ0v) is 10.2. The zero-order valence-electron chi connectivity index (χ0n) is 9.35. The van der Waals surface area contributed by atoms with Crippen molar-refractivity contribution in [2.75, 3.05) is 0 Å². The van der Waals surface area contributed by atoms with Gasteiger partial charge in [-0.05, 0) is 19.3 Å². The molecular weight excluding hydrogens is 192 g/mol. The van der Waals surface area contributed by atoms with Crippen molar-refractivity contribution in [3.63, 3.8) is 0 Å². The molecule has 0 aliphatic rings. The summed E-state index contributed by atoms with van der Waals surface area (Å²) in [5.74, 6) is 1.50. The lowest BCUT2D eigenvalue weighted by Gasteiger charge is -2.11. The second kappa shape index (κ2) is 4.69. The molecule has 1 heterocycles. The first-order valence-electron chi connectivity index (χ1n) is 5.16. The van der Waals surface area contributed by atoms with Crippen molar-refractivity contribution in [2.24, 2.45) is 0 Å². The summed E-state index contributed by atoms with van der Waals surface area (Å²) in [6.45, 7) is 8.52. The molecule has 2 nitrogen and oxygen atoms in total. The molecule has 3 heteroatoms. The van der Waals surface area contributed by atoms with Gasteiger partial charge in [0.15, 0.2) is 0 Å². The summed E-state index contributed by atoms with van der Waals surface area (Å²) < 4.78 is 0.746. The first-order chi connectivity index (χ1) is 6.56. The molecule has 0 aliphatic carbocycles. The minimum Gasteiger partial charge on any atom is -0.347 e. The van der Waals surface area contributed by atoms with Gasteiger partial charge < -0.3 is 4.98 Å². The third-order valence-electron chi connectivity index (χ3n) is 2.30. The Bertz CT molecular complexity index is 366. The highest BCUT2D eigenvalue weighted by atomic mass is 32.1. The monoisotopic (exact) mass is 210 g/mol. The van der Waals surface area contributed by atoms with Crippen molar-refractivity contribution in [3.8, 4) is 0 Å². The molecule has 1 rings (SSSR count). The lowest BCUT2D eigenvalue weighted by Crippen LogP contribution is -2.04. The van der Waals surface area contributed by atoms with Crippen LogP contribution in [-0.4, -0.2) is 9.97 Å². The van der Waals surface area contributed by atoms with E-state index in [1.54, 1.807) is 0 Å². The maximum Gasteiger partial charge on any atom is 0.132 e. The van der Waals surface area contributed by atoms with Gasteiger partial charge >= 0.3 is 0 Å². The first-order valence-corrected chi connectivity index (χ1v) is 5.56. The van der Waals surface area contributed by atoms with Gasteiger partial charge in [-0.2, -0.15) is 0 Å². The van der Waals surface area contributed by atoms with Crippen LogP contribution in [0.4, 0.5) is 0 Å². The van der Waals surface area contributed by atoms with Gasteiger partial charge in [0.05, 0.1) is 0 Å². The number of hydrogen-bond acceptors (Lipinski definition) is 2. The standard InChI is InChI=1S/C11H18N2S/c1-5-6-9-12-10(7(2)3)8(4)11(14)13-9/h7H,5-6H2,1-4H3,(H,12,13,14). The number of nitrogens with zero attached hydrogens (tertiary/aromatic N) is 1. The fourth-order valence-corrected chi connectivity index (χ4v) is 1.75. The van der Waals surface area contributed by atoms with E-state index in [-0.39, 0.29) is 0 Å². The molecule has 0 spiro atoms. The number of H-pyrrole nitrogens is 1. The molecule has 0 fully saturated rings. The lowest BCUT2D eigenvalue weighted by molar-refractivity contribution is 0.750. The van der Waals surface area contributed by atoms with Gasteiger partial charge in [0.2, 0.25) is 0 Å². The maximum absolute atomic E-state index is 5.23. The minimum absolute atomic E-state index is 0.482. The van der Waals surface area contributed by atoms with E-state index in [2.05, 4.69) is 30.7 Å². The summed E-state index contributed by atoms with van der Waals surface area (Å²) in [7, 11) is 0. The summed E-state index contributed by atoms with van der Waals surface area (Å²) in [6, 6.07) is 0. The summed E-state index contributed by atoms with van der Waals surface area (Å²) in [5, 5.41) is 0. The second-order valence-electron chi connectivity index (χ2n) is 3.93. The van der Waals surface area contributed by atoms with Crippen molar-refractivity contribution in [1.82, 2.24) is 9.97 Å². The number of aryl methyl sites for hydroxylation is 1. The van der Waals surface area contributed by atoms with Crippen LogP contribution in [0.25, 0.3) is 0 Å². The molecule has 0 aliphatic heterocycles. The van der Waals surface area contributed by atoms with Gasteiger partial charge in [-0.1, -0.05) is 33.0 Å². The molecule has 78 valence electrons. The highest BCUT2D eigenvalue weighted by molar-refractivity contribution is 7.71. The van der Waals surface area contributed by atoms with Gasteiger partial charge in [-0.15, -0.1) is 0 Å². The highest BCUT2D eigenvalue weighted by Gasteiger charge is 2.07. The van der Waals surface area contributed by atoms with E-state index >= 15 is 0 Å². The summed E-state index contributed by atoms with van der Waals surface area (Å²) in [4.78, 5) is 7.74. The van der Waals surface area contributed by atoms with Crippen LogP contribution in [0.1, 0.15) is 50.2 Å². The Hall–Kier alpha value is -0.700. The van der Waals surface area contributed by atoms with Crippen LogP contribution in [0.2, 0.25) is 0 Å². The summed E-state index contributed by atoms with van der Waals surface area (Å²) >= 11 is 5.23. The van der Waals surface area contributed by atoms with E-state index in [0.29, 0.717) is 5.92 Å². The van der Waals surface area contributed by atoms with Crippen molar-refractivity contribution < 1.29 is 0 Å². The topological polar surface area (TPSA) is 28.7 Å². The molecule has 0 radical (unpaired) electrons. The van der Waals surface area contributed by atoms with Crippen LogP contribution in [0.5, 0.6) is 0 Å². The molecule has 0 unspecified atom stereocenters. The van der Waals surface area contributed by atoms with E-state index in [1.165, 1.54) is 5.69 Å². The molecule has 0 bridgehead atoms. The first kappa shape index (κ1) is 11.4. The normalized spacial score (nSPS) is 10.9. The van der Waals surface area contributed by atoms with Crippen molar-refractivity contribution in [3.05, 3.63) is 21.7 Å². The Morgan fingerprint density at radius 3 is 2.57 bits per heavy atom. The van der Waals surface area contributed by atoms with E-state index in [1.807, 2.05) is 6.92 Å². The number of aromatic nitrogens is 2. The molecule has 0 saturated heterocycles. The molecule has 1 aromatic rings. The van der Waals surface area contributed by atoms with Crippen LogP contribution < -0.4 is 0 Å². The van der Waals surface area contributed by atoms with Gasteiger partial charge in [-0.25, -0.2) is 4.98 Å². The predicted molar refractivity (Wildman–Crippen MR) is 62.2 cm³/mol. The fraction of sp³-hybridized carbons (Fsp3) is 0.636. The van der Waals surface area contributed by atoms with Gasteiger partial charge in [0.25, 0.3) is 0 Å². The van der Waals surface area contributed by atoms with E-state index in [0.717, 1.165) is 28.9 Å². The third-order valence-corrected chi connectivity index (χ3v) is 2.70. The van der Waals surface area contributed by atoms with E-state index in [9.17, 15) is 0 Å². The number of rotatable bonds is 3. The molecular formula is C11H18N2S. The molecule has 1 N–H and O–H groups in total. The molecule has 0 aromatic carbocycles. The van der Waals surface area contributed by atoms with Crippen LogP contribution in [0.15, 0.2) is 0 Å². The Kier molecular flexibility index (Phi) is 3.81. The zero-order chi connectivity index (χ0) is 10.7. The Morgan fingerprint density at radius 1 is 1.43 bits per heavy atom. The predicted octanol–water partition coefficient (Wildman–Crippen LogP) is 3.52. The van der Waals surface area contributed by atoms with Crippen LogP contribution >= 0.6 is 12.2 Å². The Balaban J connectivity index is 3.21. The average Bonchev–Trinajstić information content (AvgIpc) is 2.11. The Labute approximate surface area is 90.8 Å². The molecule has 1 aromatic heterocycles. The number of nitrogens with one attached hydrogen (secondary N) is 1. The number of hydrogen-bond donors (Lipinski definition) is 1. The SMILES string of the molecule is CCCc1nc(=S)c(C)c(C(C)C)[nH]1. The van der Waals surface area contributed by atoms with Crippen molar-refractivity contribution in [1.29, 1.82) is 0 Å². The summed E-state index contributed by atoms with van der Waals surface area (Å²) in [5.41, 5.74) is 2.35. The van der Waals surface area contributed by atoms with Gasteiger partial charge in [0.1, 0.15) is 10.5 Å². The summed E-state index contributed by atoms with van der Waals surface area (Å²) in [6.07, 6.45) is 2.07. The molecule has 14 heavy (non-hydrogen) atoms. The fourth-order valence-electron chi connectivity index (χ4n) is 1.53. The number of aromatic amines is 1. The quantitative estimate of drug-likeness (QED) is 0.773. The average molecular weight is 210 g/mol. The van der Waals surface area contributed by atoms with Crippen LogP contribution in [0, 0.1) is 11.6 Å². The second-order valence-corrected chi connectivity index (χ2v) is 4.32. The maximum atomic E-state index is 5.23. The van der Waals surface area contributed by atoms with Crippen LogP contribution in [0.3, 0.4) is 0 Å². The molecule has 0 saturated carbocycles. The van der Waals surface area contributed by atoms with Gasteiger partial charge in [0, 0.05) is 17.7 Å². The third kappa shape index (κ3) is 2.41. The highest BCUT2D eigenvalue weighted by Crippen LogP contribution is 2.17. The molecule has 0 atom stereocenters. The smallest absolute Gasteiger partial charge is 0.132 e. The van der Waals surface area contributed by atoms with Crippen LogP contribution in [-0.2, 0) is 6.42 Å². The van der Waals surface area contributed by atoms with Crippen molar-refractivity contribution >= 4 is 12.2 Å². The van der Waals surface area contributed by atoms with E-state index in [4.69, 9.17) is 12.2 Å².